The van der Waals surface area contributed by atoms with Crippen LogP contribution in [0.3, 0.4) is 0 Å². The maximum Gasteiger partial charge on any atom is 0.253 e. The lowest BCUT2D eigenvalue weighted by Crippen LogP contribution is -2.35. The number of nitrogens with one attached hydrogen (secondary N) is 2. The van der Waals surface area contributed by atoms with Crippen molar-refractivity contribution in [1.29, 1.82) is 0 Å². The van der Waals surface area contributed by atoms with Crippen LogP contribution in [0.25, 0.3) is 0 Å². The Morgan fingerprint density at radius 1 is 1.03 bits per heavy atom. The molecule has 2 aliphatic rings. The predicted molar refractivity (Wildman–Crippen MR) is 124 cm³/mol. The lowest BCUT2D eigenvalue weighted by molar-refractivity contribution is -0.114. The van der Waals surface area contributed by atoms with Crippen molar-refractivity contribution in [2.75, 3.05) is 43.5 Å². The number of hydrogen-bond donors (Lipinski definition) is 2. The molecule has 2 amide bonds. The normalized spacial score (nSPS) is 18.2. The second-order valence-electron chi connectivity index (χ2n) is 8.28. The zero-order valence-electron chi connectivity index (χ0n) is 18.3. The number of amides is 2. The topological polar surface area (TPSA) is 79.9 Å². The molecule has 2 aromatic carbocycles. The molecule has 0 aromatic heterocycles. The summed E-state index contributed by atoms with van der Waals surface area (Å²) >= 11 is 0. The Bertz CT molecular complexity index is 921. The monoisotopic (exact) mass is 437 g/mol. The molecule has 7 heteroatoms. The number of likely N-dealkylation sites (tertiary alicyclic amines) is 1. The van der Waals surface area contributed by atoms with Crippen molar-refractivity contribution < 1.29 is 19.1 Å². The van der Waals surface area contributed by atoms with Crippen LogP contribution in [-0.4, -0.2) is 55.7 Å². The molecule has 2 saturated heterocycles. The number of anilines is 2. The van der Waals surface area contributed by atoms with E-state index in [2.05, 4.69) is 10.6 Å². The van der Waals surface area contributed by atoms with Gasteiger partial charge in [0.1, 0.15) is 12.4 Å². The summed E-state index contributed by atoms with van der Waals surface area (Å²) in [4.78, 5) is 27.2. The number of rotatable bonds is 8. The molecule has 0 aliphatic carbocycles. The molecular formula is C25H31N3O4. The lowest BCUT2D eigenvalue weighted by atomic mass is 10.1. The van der Waals surface area contributed by atoms with Crippen LogP contribution in [0, 0.1) is 0 Å². The van der Waals surface area contributed by atoms with Crippen molar-refractivity contribution in [3.8, 4) is 5.75 Å². The van der Waals surface area contributed by atoms with Crippen LogP contribution >= 0.6 is 0 Å². The Hall–Kier alpha value is -3.06. The maximum absolute atomic E-state index is 12.7. The number of carbonyl (C=O) groups excluding carboxylic acids is 2. The molecule has 0 spiro atoms. The molecule has 7 nitrogen and oxygen atoms in total. The van der Waals surface area contributed by atoms with Crippen molar-refractivity contribution in [1.82, 2.24) is 4.90 Å². The van der Waals surface area contributed by atoms with Gasteiger partial charge in [-0.2, -0.15) is 0 Å². The fourth-order valence-electron chi connectivity index (χ4n) is 4.07. The van der Waals surface area contributed by atoms with Gasteiger partial charge in [0.2, 0.25) is 5.91 Å². The number of piperidine rings is 1. The third kappa shape index (κ3) is 6.01. The molecule has 32 heavy (non-hydrogen) atoms. The summed E-state index contributed by atoms with van der Waals surface area (Å²) in [6, 6.07) is 14.7. The molecule has 0 saturated carbocycles. The number of para-hydroxylation sites is 2. The third-order valence-corrected chi connectivity index (χ3v) is 5.82. The maximum atomic E-state index is 12.7. The zero-order chi connectivity index (χ0) is 22.2. The van der Waals surface area contributed by atoms with Gasteiger partial charge in [-0.1, -0.05) is 18.2 Å². The van der Waals surface area contributed by atoms with E-state index in [1.807, 2.05) is 53.4 Å². The SMILES string of the molecule is O=C(CNc1cccc(C(=O)N2CCCCC2)c1)Nc1ccccc1OCC1CCCO1. The second kappa shape index (κ2) is 11.0. The summed E-state index contributed by atoms with van der Waals surface area (Å²) in [5.74, 6) is 0.492. The number of carbonyl (C=O) groups is 2. The van der Waals surface area contributed by atoms with E-state index in [0.29, 0.717) is 23.6 Å². The first-order valence-corrected chi connectivity index (χ1v) is 11.5. The molecule has 2 fully saturated rings. The Morgan fingerprint density at radius 2 is 1.88 bits per heavy atom. The Kier molecular flexibility index (Phi) is 7.61. The minimum absolute atomic E-state index is 0.0510. The summed E-state index contributed by atoms with van der Waals surface area (Å²) in [6.07, 6.45) is 5.47. The number of ether oxygens (including phenoxy) is 2. The first kappa shape index (κ1) is 22.1. The average Bonchev–Trinajstić information content (AvgIpc) is 3.36. The van der Waals surface area contributed by atoms with E-state index in [9.17, 15) is 9.59 Å². The minimum Gasteiger partial charge on any atom is -0.489 e. The first-order valence-electron chi connectivity index (χ1n) is 11.5. The lowest BCUT2D eigenvalue weighted by Gasteiger charge is -2.26. The van der Waals surface area contributed by atoms with Crippen molar-refractivity contribution in [3.05, 3.63) is 54.1 Å². The molecule has 2 heterocycles. The van der Waals surface area contributed by atoms with Gasteiger partial charge in [0.05, 0.1) is 18.3 Å². The highest BCUT2D eigenvalue weighted by molar-refractivity contribution is 5.96. The van der Waals surface area contributed by atoms with E-state index in [1.165, 1.54) is 6.42 Å². The number of benzene rings is 2. The van der Waals surface area contributed by atoms with Crippen LogP contribution in [0.15, 0.2) is 48.5 Å². The molecule has 4 rings (SSSR count). The van der Waals surface area contributed by atoms with Gasteiger partial charge in [-0.15, -0.1) is 0 Å². The summed E-state index contributed by atoms with van der Waals surface area (Å²) in [5, 5.41) is 6.02. The van der Waals surface area contributed by atoms with Crippen LogP contribution in [0.2, 0.25) is 0 Å². The Morgan fingerprint density at radius 3 is 2.69 bits per heavy atom. The summed E-state index contributed by atoms with van der Waals surface area (Å²) in [6.45, 7) is 2.97. The van der Waals surface area contributed by atoms with Gasteiger partial charge in [-0.05, 0) is 62.4 Å². The standard InChI is InChI=1S/C25H31N3O4/c29-24(27-22-11-2-3-12-23(22)32-18-21-10-7-15-31-21)17-26-20-9-6-8-19(16-20)25(30)28-13-4-1-5-14-28/h2-3,6,8-9,11-12,16,21,26H,1,4-5,7,10,13-15,17-18H2,(H,27,29). The summed E-state index contributed by atoms with van der Waals surface area (Å²) in [5.41, 5.74) is 2.02. The molecule has 170 valence electrons. The Balaban J connectivity index is 1.30. The van der Waals surface area contributed by atoms with Gasteiger partial charge in [0.15, 0.2) is 0 Å². The van der Waals surface area contributed by atoms with Gasteiger partial charge in [-0.3, -0.25) is 9.59 Å². The highest BCUT2D eigenvalue weighted by Gasteiger charge is 2.19. The molecule has 2 N–H and O–H groups in total. The fourth-order valence-corrected chi connectivity index (χ4v) is 4.07. The van der Waals surface area contributed by atoms with Crippen LogP contribution in [-0.2, 0) is 9.53 Å². The van der Waals surface area contributed by atoms with E-state index in [-0.39, 0.29) is 24.5 Å². The van der Waals surface area contributed by atoms with Crippen molar-refractivity contribution in [2.24, 2.45) is 0 Å². The molecule has 2 aromatic rings. The van der Waals surface area contributed by atoms with E-state index < -0.39 is 0 Å². The third-order valence-electron chi connectivity index (χ3n) is 5.82. The average molecular weight is 438 g/mol. The van der Waals surface area contributed by atoms with Gasteiger partial charge >= 0.3 is 0 Å². The van der Waals surface area contributed by atoms with Gasteiger partial charge in [-0.25, -0.2) is 0 Å². The molecule has 1 atom stereocenters. The Labute approximate surface area is 189 Å². The smallest absolute Gasteiger partial charge is 0.253 e. The molecule has 0 bridgehead atoms. The fraction of sp³-hybridized carbons (Fsp3) is 0.440. The van der Waals surface area contributed by atoms with Crippen LogP contribution in [0.1, 0.15) is 42.5 Å². The summed E-state index contributed by atoms with van der Waals surface area (Å²) < 4.78 is 11.5. The van der Waals surface area contributed by atoms with E-state index in [4.69, 9.17) is 9.47 Å². The van der Waals surface area contributed by atoms with Crippen LogP contribution < -0.4 is 15.4 Å². The molecule has 1 unspecified atom stereocenters. The van der Waals surface area contributed by atoms with Crippen molar-refractivity contribution >= 4 is 23.2 Å². The van der Waals surface area contributed by atoms with E-state index in [1.54, 1.807) is 0 Å². The zero-order valence-corrected chi connectivity index (χ0v) is 18.3. The number of hydrogen-bond acceptors (Lipinski definition) is 5. The van der Waals surface area contributed by atoms with Crippen molar-refractivity contribution in [2.45, 2.75) is 38.2 Å². The molecule has 0 radical (unpaired) electrons. The highest BCUT2D eigenvalue weighted by Crippen LogP contribution is 2.25. The molecule has 2 aliphatic heterocycles. The minimum atomic E-state index is -0.189. The highest BCUT2D eigenvalue weighted by atomic mass is 16.5. The van der Waals surface area contributed by atoms with Gasteiger partial charge in [0, 0.05) is 30.9 Å². The van der Waals surface area contributed by atoms with Crippen molar-refractivity contribution in [3.63, 3.8) is 0 Å². The number of nitrogens with zero attached hydrogens (tertiary/aromatic N) is 1. The molecular weight excluding hydrogens is 406 g/mol. The predicted octanol–water partition coefficient (Wildman–Crippen LogP) is 3.92. The first-order chi connectivity index (χ1) is 15.7. The van der Waals surface area contributed by atoms with E-state index in [0.717, 1.165) is 51.1 Å². The van der Waals surface area contributed by atoms with Gasteiger partial charge < -0.3 is 25.0 Å². The van der Waals surface area contributed by atoms with E-state index >= 15 is 0 Å². The second-order valence-corrected chi connectivity index (χ2v) is 8.28. The quantitative estimate of drug-likeness (QED) is 0.654. The summed E-state index contributed by atoms with van der Waals surface area (Å²) in [7, 11) is 0. The van der Waals surface area contributed by atoms with Gasteiger partial charge in [0.25, 0.3) is 5.91 Å². The van der Waals surface area contributed by atoms with Crippen LogP contribution in [0.5, 0.6) is 5.75 Å². The largest absolute Gasteiger partial charge is 0.489 e. The van der Waals surface area contributed by atoms with Crippen LogP contribution in [0.4, 0.5) is 11.4 Å².